The van der Waals surface area contributed by atoms with Crippen LogP contribution >= 0.6 is 0 Å². The summed E-state index contributed by atoms with van der Waals surface area (Å²) in [6.45, 7) is 4.18. The van der Waals surface area contributed by atoms with Crippen LogP contribution in [0.25, 0.3) is 0 Å². The molecule has 1 atom stereocenters. The van der Waals surface area contributed by atoms with Crippen LogP contribution < -0.4 is 5.32 Å². The molecule has 2 rings (SSSR count). The Morgan fingerprint density at radius 1 is 1.36 bits per heavy atom. The van der Waals surface area contributed by atoms with Gasteiger partial charge in [0.1, 0.15) is 6.17 Å². The Morgan fingerprint density at radius 3 is 3.00 bits per heavy atom. The van der Waals surface area contributed by atoms with Gasteiger partial charge in [-0.2, -0.15) is 0 Å². The number of hydrogen-bond acceptors (Lipinski definition) is 2. The smallest absolute Gasteiger partial charge is 0.122 e. The molecule has 2 aliphatic rings. The highest BCUT2D eigenvalue weighted by atomic mass is 15.3. The molecule has 0 radical (unpaired) electrons. The van der Waals surface area contributed by atoms with Crippen molar-refractivity contribution in [3.8, 4) is 0 Å². The van der Waals surface area contributed by atoms with Crippen LogP contribution in [0.3, 0.4) is 0 Å². The molecule has 2 heteroatoms. The fraction of sp³-hybridized carbons (Fsp3) is 0.333. The predicted molar refractivity (Wildman–Crippen MR) is 45.4 cm³/mol. The first-order chi connectivity index (χ1) is 5.25. The second kappa shape index (κ2) is 2.16. The van der Waals surface area contributed by atoms with Gasteiger partial charge in [0.05, 0.1) is 0 Å². The van der Waals surface area contributed by atoms with Crippen LogP contribution in [0.2, 0.25) is 0 Å². The molecule has 0 aromatic carbocycles. The molecule has 2 aliphatic heterocycles. The van der Waals surface area contributed by atoms with E-state index in [4.69, 9.17) is 0 Å². The van der Waals surface area contributed by atoms with Crippen LogP contribution in [0.15, 0.2) is 35.8 Å². The van der Waals surface area contributed by atoms with Crippen LogP contribution in [0.5, 0.6) is 0 Å². The molecule has 0 saturated carbocycles. The van der Waals surface area contributed by atoms with Crippen molar-refractivity contribution in [2.24, 2.45) is 0 Å². The summed E-state index contributed by atoms with van der Waals surface area (Å²) in [5.41, 5.74) is 2.53. The molecule has 0 aromatic heterocycles. The summed E-state index contributed by atoms with van der Waals surface area (Å²) < 4.78 is 0. The minimum absolute atomic E-state index is 0.360. The van der Waals surface area contributed by atoms with Gasteiger partial charge >= 0.3 is 0 Å². The van der Waals surface area contributed by atoms with E-state index in [-0.39, 0.29) is 0 Å². The van der Waals surface area contributed by atoms with Gasteiger partial charge in [0, 0.05) is 18.1 Å². The Kier molecular flexibility index (Phi) is 1.28. The lowest BCUT2D eigenvalue weighted by atomic mass is 10.2. The third-order valence-electron chi connectivity index (χ3n) is 1.93. The van der Waals surface area contributed by atoms with Gasteiger partial charge in [0.15, 0.2) is 0 Å². The van der Waals surface area contributed by atoms with Crippen molar-refractivity contribution in [2.45, 2.75) is 20.0 Å². The van der Waals surface area contributed by atoms with Crippen molar-refractivity contribution in [1.29, 1.82) is 0 Å². The van der Waals surface area contributed by atoms with Crippen molar-refractivity contribution in [3.05, 3.63) is 35.8 Å². The van der Waals surface area contributed by atoms with Crippen molar-refractivity contribution in [3.63, 3.8) is 0 Å². The standard InChI is InChI=1S/C9H12N2/c1-7-3-4-9-10-8(2)6-11(9)5-7/h3-6,9-10H,1-2H3. The molecule has 0 amide bonds. The average molecular weight is 148 g/mol. The lowest BCUT2D eigenvalue weighted by Gasteiger charge is -2.22. The Bertz CT molecular complexity index is 261. The van der Waals surface area contributed by atoms with Gasteiger partial charge in [-0.25, -0.2) is 0 Å². The van der Waals surface area contributed by atoms with E-state index in [1.54, 1.807) is 0 Å². The molecule has 1 N–H and O–H groups in total. The normalized spacial score (nSPS) is 27.5. The number of rotatable bonds is 0. The summed E-state index contributed by atoms with van der Waals surface area (Å²) in [5, 5.41) is 3.33. The molecule has 0 bridgehead atoms. The molecule has 0 spiro atoms. The number of allylic oxidation sites excluding steroid dienone is 3. The summed E-state index contributed by atoms with van der Waals surface area (Å²) in [6, 6.07) is 0. The van der Waals surface area contributed by atoms with Crippen molar-refractivity contribution in [1.82, 2.24) is 10.2 Å². The molecule has 0 aliphatic carbocycles. The van der Waals surface area contributed by atoms with E-state index in [0.29, 0.717) is 6.17 Å². The van der Waals surface area contributed by atoms with Gasteiger partial charge in [0.2, 0.25) is 0 Å². The second-order valence-electron chi connectivity index (χ2n) is 3.08. The highest BCUT2D eigenvalue weighted by Crippen LogP contribution is 2.18. The molecule has 2 heterocycles. The van der Waals surface area contributed by atoms with Crippen LogP contribution in [-0.4, -0.2) is 11.1 Å². The Balaban J connectivity index is 2.26. The van der Waals surface area contributed by atoms with Gasteiger partial charge in [-0.15, -0.1) is 0 Å². The number of nitrogens with zero attached hydrogens (tertiary/aromatic N) is 1. The summed E-state index contributed by atoms with van der Waals surface area (Å²) >= 11 is 0. The van der Waals surface area contributed by atoms with E-state index in [1.165, 1.54) is 11.3 Å². The number of fused-ring (bicyclic) bond motifs is 1. The highest BCUT2D eigenvalue weighted by molar-refractivity contribution is 5.27. The van der Waals surface area contributed by atoms with Gasteiger partial charge in [0.25, 0.3) is 0 Å². The first-order valence-corrected chi connectivity index (χ1v) is 3.85. The molecule has 11 heavy (non-hydrogen) atoms. The molecule has 1 unspecified atom stereocenters. The minimum Gasteiger partial charge on any atom is -0.364 e. The lowest BCUT2D eigenvalue weighted by molar-refractivity contribution is 0.421. The van der Waals surface area contributed by atoms with Crippen molar-refractivity contribution < 1.29 is 0 Å². The van der Waals surface area contributed by atoms with E-state index < -0.39 is 0 Å². The highest BCUT2D eigenvalue weighted by Gasteiger charge is 2.18. The summed E-state index contributed by atoms with van der Waals surface area (Å²) in [4.78, 5) is 2.19. The first kappa shape index (κ1) is 6.53. The Hall–Kier alpha value is -1.18. The minimum atomic E-state index is 0.360. The molecule has 0 saturated heterocycles. The molecular formula is C9H12N2. The summed E-state index contributed by atoms with van der Waals surface area (Å²) in [7, 11) is 0. The molecule has 0 aromatic rings. The second-order valence-corrected chi connectivity index (χ2v) is 3.08. The maximum atomic E-state index is 3.33. The third-order valence-corrected chi connectivity index (χ3v) is 1.93. The van der Waals surface area contributed by atoms with Gasteiger partial charge in [-0.1, -0.05) is 6.08 Å². The molecule has 0 fully saturated rings. The van der Waals surface area contributed by atoms with E-state index >= 15 is 0 Å². The van der Waals surface area contributed by atoms with Crippen LogP contribution in [0.1, 0.15) is 13.8 Å². The van der Waals surface area contributed by atoms with E-state index in [9.17, 15) is 0 Å². The van der Waals surface area contributed by atoms with E-state index in [1.807, 2.05) is 0 Å². The fourth-order valence-electron chi connectivity index (χ4n) is 1.44. The Morgan fingerprint density at radius 2 is 2.18 bits per heavy atom. The van der Waals surface area contributed by atoms with Gasteiger partial charge < -0.3 is 10.2 Å². The van der Waals surface area contributed by atoms with Crippen LogP contribution in [0.4, 0.5) is 0 Å². The molecule has 2 nitrogen and oxygen atoms in total. The monoisotopic (exact) mass is 148 g/mol. The van der Waals surface area contributed by atoms with Crippen molar-refractivity contribution in [2.75, 3.05) is 0 Å². The zero-order valence-electron chi connectivity index (χ0n) is 6.83. The zero-order chi connectivity index (χ0) is 7.84. The summed E-state index contributed by atoms with van der Waals surface area (Å²) in [6.07, 6.45) is 8.94. The Labute approximate surface area is 66.9 Å². The quantitative estimate of drug-likeness (QED) is 0.560. The maximum Gasteiger partial charge on any atom is 0.122 e. The predicted octanol–water partition coefficient (Wildman–Crippen LogP) is 1.55. The summed E-state index contributed by atoms with van der Waals surface area (Å²) in [5.74, 6) is 0. The number of hydrogen-bond donors (Lipinski definition) is 1. The zero-order valence-corrected chi connectivity index (χ0v) is 6.83. The number of nitrogens with one attached hydrogen (secondary N) is 1. The maximum absolute atomic E-state index is 3.33. The van der Waals surface area contributed by atoms with Crippen molar-refractivity contribution >= 4 is 0 Å². The topological polar surface area (TPSA) is 15.3 Å². The molecule has 58 valence electrons. The average Bonchev–Trinajstić information content (AvgIpc) is 2.27. The van der Waals surface area contributed by atoms with E-state index in [0.717, 1.165) is 0 Å². The van der Waals surface area contributed by atoms with E-state index in [2.05, 4.69) is 48.6 Å². The van der Waals surface area contributed by atoms with Crippen LogP contribution in [-0.2, 0) is 0 Å². The third kappa shape index (κ3) is 1.04. The van der Waals surface area contributed by atoms with Gasteiger partial charge in [-0.05, 0) is 25.5 Å². The lowest BCUT2D eigenvalue weighted by Crippen LogP contribution is -2.32. The largest absolute Gasteiger partial charge is 0.364 e. The molecular weight excluding hydrogens is 136 g/mol. The SMILES string of the molecule is CC1=CN2C=C(C)NC2C=C1. The van der Waals surface area contributed by atoms with Crippen LogP contribution in [0, 0.1) is 0 Å². The first-order valence-electron chi connectivity index (χ1n) is 3.85. The fourth-order valence-corrected chi connectivity index (χ4v) is 1.44. The van der Waals surface area contributed by atoms with Gasteiger partial charge in [-0.3, -0.25) is 0 Å².